The fraction of sp³-hybridized carbons (Fsp3) is 0.533. The summed E-state index contributed by atoms with van der Waals surface area (Å²) in [6, 6.07) is 1.09. The quantitative estimate of drug-likeness (QED) is 0.922. The van der Waals surface area contributed by atoms with Crippen molar-refractivity contribution in [1.82, 2.24) is 20.1 Å². The van der Waals surface area contributed by atoms with Gasteiger partial charge in [-0.05, 0) is 6.07 Å². The molecule has 23 heavy (non-hydrogen) atoms. The van der Waals surface area contributed by atoms with Crippen LogP contribution in [-0.2, 0) is 18.4 Å². The third kappa shape index (κ3) is 2.97. The van der Waals surface area contributed by atoms with E-state index in [1.807, 2.05) is 20.8 Å². The molecule has 3 heterocycles. The Kier molecular flexibility index (Phi) is 3.69. The average Bonchev–Trinajstić information content (AvgIpc) is 3.12. The van der Waals surface area contributed by atoms with Crippen LogP contribution in [0.1, 0.15) is 60.7 Å². The van der Waals surface area contributed by atoms with Gasteiger partial charge in [0.25, 0.3) is 12.3 Å². The van der Waals surface area contributed by atoms with Crippen molar-refractivity contribution in [2.45, 2.75) is 45.6 Å². The van der Waals surface area contributed by atoms with Crippen molar-refractivity contribution in [3.63, 3.8) is 0 Å². The second-order valence-corrected chi connectivity index (χ2v) is 6.62. The van der Waals surface area contributed by atoms with E-state index in [9.17, 15) is 13.6 Å². The van der Waals surface area contributed by atoms with Crippen LogP contribution in [0.25, 0.3) is 0 Å². The summed E-state index contributed by atoms with van der Waals surface area (Å²) < 4.78 is 30.9. The lowest BCUT2D eigenvalue weighted by molar-refractivity contribution is 0.0721. The van der Waals surface area contributed by atoms with Gasteiger partial charge >= 0.3 is 0 Å². The summed E-state index contributed by atoms with van der Waals surface area (Å²) in [4.78, 5) is 18.4. The van der Waals surface area contributed by atoms with Gasteiger partial charge in [-0.2, -0.15) is 5.10 Å². The van der Waals surface area contributed by atoms with Gasteiger partial charge in [-0.3, -0.25) is 9.89 Å². The number of H-pyrrole nitrogens is 1. The van der Waals surface area contributed by atoms with Crippen LogP contribution in [0.2, 0.25) is 0 Å². The van der Waals surface area contributed by atoms with Crippen molar-refractivity contribution in [2.24, 2.45) is 0 Å². The third-order valence-corrected chi connectivity index (χ3v) is 3.71. The fourth-order valence-electron chi connectivity index (χ4n) is 2.41. The van der Waals surface area contributed by atoms with Gasteiger partial charge in [0.1, 0.15) is 17.1 Å². The van der Waals surface area contributed by atoms with E-state index in [1.54, 1.807) is 4.90 Å². The minimum Gasteiger partial charge on any atom is -0.445 e. The summed E-state index contributed by atoms with van der Waals surface area (Å²) in [6.07, 6.45) is -2.13. The molecular formula is C15H18F2N4O2. The van der Waals surface area contributed by atoms with Crippen molar-refractivity contribution < 1.29 is 18.0 Å². The maximum Gasteiger partial charge on any atom is 0.279 e. The number of aromatic amines is 1. The predicted octanol–water partition coefficient (Wildman–Crippen LogP) is 2.83. The highest BCUT2D eigenvalue weighted by Crippen LogP contribution is 2.28. The van der Waals surface area contributed by atoms with E-state index < -0.39 is 6.43 Å². The van der Waals surface area contributed by atoms with E-state index in [0.717, 1.165) is 17.5 Å². The molecule has 1 aliphatic rings. The molecule has 0 saturated heterocycles. The Morgan fingerprint density at radius 2 is 2.17 bits per heavy atom. The van der Waals surface area contributed by atoms with Crippen LogP contribution in [0, 0.1) is 0 Å². The molecule has 2 aromatic rings. The van der Waals surface area contributed by atoms with Crippen molar-refractivity contribution in [3.8, 4) is 0 Å². The molecule has 0 aromatic carbocycles. The number of nitrogens with one attached hydrogen (secondary N) is 1. The molecule has 0 bridgehead atoms. The number of oxazole rings is 1. The largest absolute Gasteiger partial charge is 0.445 e. The van der Waals surface area contributed by atoms with E-state index in [0.29, 0.717) is 25.4 Å². The Morgan fingerprint density at radius 3 is 2.78 bits per heavy atom. The van der Waals surface area contributed by atoms with Crippen LogP contribution in [0.4, 0.5) is 8.78 Å². The van der Waals surface area contributed by atoms with Crippen LogP contribution in [0.3, 0.4) is 0 Å². The standard InChI is InChI=1S/C15H18F2N4O2/c1-15(2,3)14-18-10-7-21(5-4-11(10)23-14)13(22)9-6-8(12(16)17)19-20-9/h6,12H,4-5,7H2,1-3H3,(H,19,20). The van der Waals surface area contributed by atoms with Gasteiger partial charge in [0.2, 0.25) is 0 Å². The number of fused-ring (bicyclic) bond motifs is 1. The van der Waals surface area contributed by atoms with E-state index in [4.69, 9.17) is 4.42 Å². The molecule has 8 heteroatoms. The Balaban J connectivity index is 1.78. The zero-order valence-corrected chi connectivity index (χ0v) is 13.2. The van der Waals surface area contributed by atoms with E-state index in [1.165, 1.54) is 0 Å². The predicted molar refractivity (Wildman–Crippen MR) is 77.2 cm³/mol. The number of rotatable bonds is 2. The van der Waals surface area contributed by atoms with E-state index in [-0.39, 0.29) is 22.7 Å². The SMILES string of the molecule is CC(C)(C)c1nc2c(o1)CCN(C(=O)c1cc(C(F)F)[nH]n1)C2. The molecule has 0 saturated carbocycles. The summed E-state index contributed by atoms with van der Waals surface area (Å²) >= 11 is 0. The number of amides is 1. The Hall–Kier alpha value is -2.25. The minimum absolute atomic E-state index is 0.0108. The summed E-state index contributed by atoms with van der Waals surface area (Å²) in [7, 11) is 0. The lowest BCUT2D eigenvalue weighted by atomic mass is 9.97. The zero-order valence-electron chi connectivity index (χ0n) is 13.2. The van der Waals surface area contributed by atoms with Gasteiger partial charge in [-0.25, -0.2) is 13.8 Å². The molecule has 1 amide bonds. The number of hydrogen-bond donors (Lipinski definition) is 1. The zero-order chi connectivity index (χ0) is 16.8. The maximum absolute atomic E-state index is 12.6. The van der Waals surface area contributed by atoms with Gasteiger partial charge in [-0.15, -0.1) is 0 Å². The first-order valence-corrected chi connectivity index (χ1v) is 7.37. The number of carbonyl (C=O) groups is 1. The number of carbonyl (C=O) groups excluding carboxylic acids is 1. The molecule has 2 aromatic heterocycles. The van der Waals surface area contributed by atoms with E-state index >= 15 is 0 Å². The van der Waals surface area contributed by atoms with Gasteiger partial charge in [0, 0.05) is 18.4 Å². The van der Waals surface area contributed by atoms with Crippen molar-refractivity contribution in [3.05, 3.63) is 34.8 Å². The molecule has 1 aliphatic heterocycles. The van der Waals surface area contributed by atoms with E-state index in [2.05, 4.69) is 15.2 Å². The Bertz CT molecular complexity index is 730. The molecule has 1 N–H and O–H groups in total. The van der Waals surface area contributed by atoms with Crippen LogP contribution in [-0.4, -0.2) is 32.5 Å². The maximum atomic E-state index is 12.6. The van der Waals surface area contributed by atoms with Crippen LogP contribution in [0.5, 0.6) is 0 Å². The summed E-state index contributed by atoms with van der Waals surface area (Å²) in [5.41, 5.74) is 0.144. The normalized spacial score (nSPS) is 15.1. The minimum atomic E-state index is -2.68. The molecule has 3 rings (SSSR count). The summed E-state index contributed by atoms with van der Waals surface area (Å²) in [6.45, 7) is 6.75. The first-order chi connectivity index (χ1) is 10.8. The lowest BCUT2D eigenvalue weighted by Gasteiger charge is -2.24. The lowest BCUT2D eigenvalue weighted by Crippen LogP contribution is -2.36. The van der Waals surface area contributed by atoms with Gasteiger partial charge in [0.15, 0.2) is 11.6 Å². The molecule has 0 atom stereocenters. The first kappa shape index (κ1) is 15.6. The van der Waals surface area contributed by atoms with Crippen molar-refractivity contribution >= 4 is 5.91 Å². The van der Waals surface area contributed by atoms with Gasteiger partial charge < -0.3 is 9.32 Å². The number of nitrogens with zero attached hydrogens (tertiary/aromatic N) is 3. The Morgan fingerprint density at radius 1 is 1.43 bits per heavy atom. The number of aromatic nitrogens is 3. The molecule has 0 spiro atoms. The van der Waals surface area contributed by atoms with Crippen LogP contribution < -0.4 is 0 Å². The highest BCUT2D eigenvalue weighted by Gasteiger charge is 2.30. The number of halogens is 2. The fourth-order valence-corrected chi connectivity index (χ4v) is 2.41. The Labute approximate surface area is 131 Å². The summed E-state index contributed by atoms with van der Waals surface area (Å²) in [5.74, 6) is 1.03. The van der Waals surface area contributed by atoms with Crippen LogP contribution in [0.15, 0.2) is 10.5 Å². The molecule has 124 valence electrons. The monoisotopic (exact) mass is 324 g/mol. The number of alkyl halides is 2. The third-order valence-electron chi connectivity index (χ3n) is 3.71. The van der Waals surface area contributed by atoms with Crippen molar-refractivity contribution in [2.75, 3.05) is 6.54 Å². The average molecular weight is 324 g/mol. The highest BCUT2D eigenvalue weighted by atomic mass is 19.3. The van der Waals surface area contributed by atoms with Crippen molar-refractivity contribution in [1.29, 1.82) is 0 Å². The molecular weight excluding hydrogens is 306 g/mol. The van der Waals surface area contributed by atoms with Crippen LogP contribution >= 0.6 is 0 Å². The number of hydrogen-bond acceptors (Lipinski definition) is 4. The molecule has 0 unspecified atom stereocenters. The molecule has 0 radical (unpaired) electrons. The smallest absolute Gasteiger partial charge is 0.279 e. The van der Waals surface area contributed by atoms with Gasteiger partial charge in [0.05, 0.1) is 6.54 Å². The second kappa shape index (κ2) is 5.43. The van der Waals surface area contributed by atoms with Gasteiger partial charge in [-0.1, -0.05) is 20.8 Å². The molecule has 0 fully saturated rings. The molecule has 6 nitrogen and oxygen atoms in total. The first-order valence-electron chi connectivity index (χ1n) is 7.37. The summed E-state index contributed by atoms with van der Waals surface area (Å²) in [5, 5.41) is 5.86. The molecule has 0 aliphatic carbocycles. The topological polar surface area (TPSA) is 75.0 Å². The second-order valence-electron chi connectivity index (χ2n) is 6.62. The highest BCUT2D eigenvalue weighted by molar-refractivity contribution is 5.92.